The lowest BCUT2D eigenvalue weighted by Crippen LogP contribution is -2.51. The smallest absolute Gasteiger partial charge is 0.185 e. The van der Waals surface area contributed by atoms with Crippen molar-refractivity contribution in [3.8, 4) is 0 Å². The summed E-state index contributed by atoms with van der Waals surface area (Å²) in [5.41, 5.74) is 8.52. The molecule has 3 nitrogen and oxygen atoms in total. The second kappa shape index (κ2) is 4.35. The molecule has 1 saturated carbocycles. The maximum absolute atomic E-state index is 12.8. The van der Waals surface area contributed by atoms with Crippen molar-refractivity contribution in [3.63, 3.8) is 0 Å². The van der Waals surface area contributed by atoms with Gasteiger partial charge in [0.05, 0.1) is 9.64 Å². The van der Waals surface area contributed by atoms with Crippen LogP contribution in [0, 0.1) is 20.8 Å². The number of sulfone groups is 1. The van der Waals surface area contributed by atoms with Gasteiger partial charge in [-0.1, -0.05) is 24.1 Å². The van der Waals surface area contributed by atoms with E-state index in [1.54, 1.807) is 0 Å². The van der Waals surface area contributed by atoms with Crippen molar-refractivity contribution in [2.45, 2.75) is 49.7 Å². The summed E-state index contributed by atoms with van der Waals surface area (Å²) >= 11 is 0. The minimum atomic E-state index is -3.32. The van der Waals surface area contributed by atoms with Crippen LogP contribution in [0.1, 0.15) is 36.0 Å². The highest BCUT2D eigenvalue weighted by molar-refractivity contribution is 7.93. The van der Waals surface area contributed by atoms with Crippen LogP contribution in [0.25, 0.3) is 0 Å². The van der Waals surface area contributed by atoms with E-state index in [0.29, 0.717) is 17.7 Å². The number of hydrogen-bond donors (Lipinski definition) is 1. The second-order valence-corrected chi connectivity index (χ2v) is 7.75. The highest BCUT2D eigenvalue weighted by Gasteiger charge is 2.49. The summed E-state index contributed by atoms with van der Waals surface area (Å²) in [6, 6.07) is 3.87. The van der Waals surface area contributed by atoms with Crippen molar-refractivity contribution in [1.82, 2.24) is 0 Å². The summed E-state index contributed by atoms with van der Waals surface area (Å²) < 4.78 is 25.0. The van der Waals surface area contributed by atoms with Gasteiger partial charge in [-0.2, -0.15) is 0 Å². The number of rotatable bonds is 3. The molecule has 2 N–H and O–H groups in total. The van der Waals surface area contributed by atoms with Crippen molar-refractivity contribution < 1.29 is 8.42 Å². The Labute approximate surface area is 109 Å². The molecule has 1 fully saturated rings. The first kappa shape index (κ1) is 13.6. The van der Waals surface area contributed by atoms with Gasteiger partial charge in [0.25, 0.3) is 0 Å². The Morgan fingerprint density at radius 1 is 1.17 bits per heavy atom. The lowest BCUT2D eigenvalue weighted by atomic mass is 9.84. The molecule has 2 rings (SSSR count). The highest BCUT2D eigenvalue weighted by Crippen LogP contribution is 2.43. The molecular formula is C14H21NO2S. The Kier molecular flexibility index (Phi) is 3.28. The largest absolute Gasteiger partial charge is 0.329 e. The second-order valence-electron chi connectivity index (χ2n) is 5.47. The van der Waals surface area contributed by atoms with E-state index >= 15 is 0 Å². The zero-order valence-electron chi connectivity index (χ0n) is 11.3. The molecule has 1 aliphatic rings. The van der Waals surface area contributed by atoms with Gasteiger partial charge in [-0.15, -0.1) is 0 Å². The summed E-state index contributed by atoms with van der Waals surface area (Å²) in [7, 11) is -3.32. The fourth-order valence-corrected chi connectivity index (χ4v) is 5.41. The number of hydrogen-bond acceptors (Lipinski definition) is 3. The first-order valence-corrected chi connectivity index (χ1v) is 7.85. The summed E-state index contributed by atoms with van der Waals surface area (Å²) in [6.45, 7) is 5.95. The maximum Gasteiger partial charge on any atom is 0.185 e. The lowest BCUT2D eigenvalue weighted by Gasteiger charge is -2.40. The molecule has 0 aliphatic heterocycles. The first-order chi connectivity index (χ1) is 8.34. The predicted octanol–water partition coefficient (Wildman–Crippen LogP) is 2.27. The molecule has 0 spiro atoms. The third-order valence-corrected chi connectivity index (χ3v) is 6.98. The van der Waals surface area contributed by atoms with E-state index in [1.807, 2.05) is 32.9 Å². The number of benzene rings is 1. The number of aryl methyl sites for hydroxylation is 3. The van der Waals surface area contributed by atoms with Crippen molar-refractivity contribution in [2.75, 3.05) is 6.54 Å². The maximum atomic E-state index is 12.8. The summed E-state index contributed by atoms with van der Waals surface area (Å²) in [5.74, 6) is 0. The van der Waals surface area contributed by atoms with E-state index in [4.69, 9.17) is 5.73 Å². The summed E-state index contributed by atoms with van der Waals surface area (Å²) in [6.07, 6.45) is 2.34. The van der Waals surface area contributed by atoms with E-state index < -0.39 is 14.6 Å². The Morgan fingerprint density at radius 2 is 1.67 bits per heavy atom. The van der Waals surface area contributed by atoms with Crippen molar-refractivity contribution >= 4 is 9.84 Å². The highest BCUT2D eigenvalue weighted by atomic mass is 32.2. The van der Waals surface area contributed by atoms with Crippen LogP contribution in [0.5, 0.6) is 0 Å². The predicted molar refractivity (Wildman–Crippen MR) is 73.5 cm³/mol. The Bertz CT molecular complexity index is 543. The van der Waals surface area contributed by atoms with Gasteiger partial charge in [0.15, 0.2) is 9.84 Å². The van der Waals surface area contributed by atoms with Crippen LogP contribution in [0.3, 0.4) is 0 Å². The van der Waals surface area contributed by atoms with Gasteiger partial charge in [0.2, 0.25) is 0 Å². The molecule has 0 unspecified atom stereocenters. The molecule has 1 aromatic rings. The fraction of sp³-hybridized carbons (Fsp3) is 0.571. The molecule has 4 heteroatoms. The van der Waals surface area contributed by atoms with Gasteiger partial charge in [-0.3, -0.25) is 0 Å². The first-order valence-electron chi connectivity index (χ1n) is 6.37. The van der Waals surface area contributed by atoms with Crippen LogP contribution in [-0.4, -0.2) is 19.7 Å². The number of nitrogens with two attached hydrogens (primary N) is 1. The molecule has 0 atom stereocenters. The quantitative estimate of drug-likeness (QED) is 0.914. The topological polar surface area (TPSA) is 60.2 Å². The standard InChI is InChI=1S/C14H21NO2S/c1-10-7-11(2)13(12(3)8-10)18(16,17)14(9-15)5-4-6-14/h7-8H,4-6,9,15H2,1-3H3. The van der Waals surface area contributed by atoms with E-state index in [9.17, 15) is 8.42 Å². The van der Waals surface area contributed by atoms with Gasteiger partial charge >= 0.3 is 0 Å². The molecule has 0 saturated heterocycles. The normalized spacial score (nSPS) is 18.4. The van der Waals surface area contributed by atoms with Crippen LogP contribution in [-0.2, 0) is 9.84 Å². The third-order valence-electron chi connectivity index (χ3n) is 4.08. The summed E-state index contributed by atoms with van der Waals surface area (Å²) in [4.78, 5) is 0.498. The average molecular weight is 267 g/mol. The van der Waals surface area contributed by atoms with Crippen LogP contribution in [0.15, 0.2) is 17.0 Å². The Hall–Kier alpha value is -0.870. The molecule has 0 bridgehead atoms. The van der Waals surface area contributed by atoms with E-state index in [2.05, 4.69) is 0 Å². The summed E-state index contributed by atoms with van der Waals surface area (Å²) in [5, 5.41) is 0. The molecule has 0 radical (unpaired) electrons. The monoisotopic (exact) mass is 267 g/mol. The lowest BCUT2D eigenvalue weighted by molar-refractivity contribution is 0.344. The van der Waals surface area contributed by atoms with Crippen LogP contribution < -0.4 is 5.73 Å². The van der Waals surface area contributed by atoms with Gasteiger partial charge in [0, 0.05) is 6.54 Å². The Morgan fingerprint density at radius 3 is 2.00 bits per heavy atom. The van der Waals surface area contributed by atoms with Crippen LogP contribution in [0.4, 0.5) is 0 Å². The van der Waals surface area contributed by atoms with Crippen molar-refractivity contribution in [1.29, 1.82) is 0 Å². The molecule has 100 valence electrons. The Balaban J connectivity index is 2.62. The van der Waals surface area contributed by atoms with Gasteiger partial charge in [-0.25, -0.2) is 8.42 Å². The van der Waals surface area contributed by atoms with E-state index in [0.717, 1.165) is 23.1 Å². The molecule has 0 amide bonds. The molecule has 1 aromatic carbocycles. The molecule has 0 heterocycles. The third kappa shape index (κ3) is 1.79. The molecule has 0 aromatic heterocycles. The van der Waals surface area contributed by atoms with E-state index in [-0.39, 0.29) is 6.54 Å². The van der Waals surface area contributed by atoms with Crippen molar-refractivity contribution in [2.24, 2.45) is 5.73 Å². The minimum Gasteiger partial charge on any atom is -0.329 e. The van der Waals surface area contributed by atoms with Crippen LogP contribution in [0.2, 0.25) is 0 Å². The molecule has 1 aliphatic carbocycles. The van der Waals surface area contributed by atoms with Gasteiger partial charge in [0.1, 0.15) is 0 Å². The van der Waals surface area contributed by atoms with E-state index in [1.165, 1.54) is 0 Å². The fourth-order valence-electron chi connectivity index (χ4n) is 2.96. The average Bonchev–Trinajstić information content (AvgIpc) is 2.12. The van der Waals surface area contributed by atoms with Crippen LogP contribution >= 0.6 is 0 Å². The SMILES string of the molecule is Cc1cc(C)c(S(=O)(=O)C2(CN)CCC2)c(C)c1. The zero-order chi connectivity index (χ0) is 13.6. The van der Waals surface area contributed by atoms with Gasteiger partial charge in [-0.05, 0) is 44.7 Å². The van der Waals surface area contributed by atoms with Gasteiger partial charge < -0.3 is 5.73 Å². The minimum absolute atomic E-state index is 0.224. The zero-order valence-corrected chi connectivity index (χ0v) is 12.1. The molecular weight excluding hydrogens is 246 g/mol. The molecule has 18 heavy (non-hydrogen) atoms. The van der Waals surface area contributed by atoms with Crippen molar-refractivity contribution in [3.05, 3.63) is 28.8 Å².